The Bertz CT molecular complexity index is 732. The molecule has 5 nitrogen and oxygen atoms in total. The molecule has 0 radical (unpaired) electrons. The molecule has 2 aromatic rings. The molecule has 21 heavy (non-hydrogen) atoms. The first-order valence-corrected chi connectivity index (χ1v) is 9.36. The molecule has 0 amide bonds. The summed E-state index contributed by atoms with van der Waals surface area (Å²) in [6.45, 7) is 4.01. The number of hydrogen-bond acceptors (Lipinski definition) is 5. The van der Waals surface area contributed by atoms with Gasteiger partial charge in [0.25, 0.3) is 10.0 Å². The lowest BCUT2D eigenvalue weighted by Gasteiger charge is -2.18. The van der Waals surface area contributed by atoms with Crippen molar-refractivity contribution in [2.24, 2.45) is 0 Å². The maximum absolute atomic E-state index is 12.6. The van der Waals surface area contributed by atoms with Crippen LogP contribution in [-0.2, 0) is 16.6 Å². The molecule has 1 N–H and O–H groups in total. The van der Waals surface area contributed by atoms with Gasteiger partial charge in [0.1, 0.15) is 9.09 Å². The fraction of sp³-hybridized carbons (Fsp3) is 0.308. The van der Waals surface area contributed by atoms with Crippen molar-refractivity contribution in [2.45, 2.75) is 24.6 Å². The van der Waals surface area contributed by atoms with Crippen LogP contribution in [0.15, 0.2) is 27.8 Å². The van der Waals surface area contributed by atoms with E-state index in [1.54, 1.807) is 13.8 Å². The molecule has 0 bridgehead atoms. The third-order valence-corrected chi connectivity index (χ3v) is 7.40. The summed E-state index contributed by atoms with van der Waals surface area (Å²) in [5, 5.41) is 10.9. The number of nitrogens with zero attached hydrogens (tertiary/aromatic N) is 1. The average Bonchev–Trinajstić information content (AvgIpc) is 3.04. The highest BCUT2D eigenvalue weighted by atomic mass is 32.2. The third kappa shape index (κ3) is 3.34. The van der Waals surface area contributed by atoms with Gasteiger partial charge in [-0.05, 0) is 30.0 Å². The van der Waals surface area contributed by atoms with Gasteiger partial charge in [-0.1, -0.05) is 13.0 Å². The van der Waals surface area contributed by atoms with Crippen molar-refractivity contribution in [3.8, 4) is 0 Å². The number of carboxylic acid groups (broad SMARTS) is 1. The average molecular weight is 345 g/mol. The number of thiophene rings is 2. The number of sulfonamides is 1. The Kier molecular flexibility index (Phi) is 4.82. The quantitative estimate of drug-likeness (QED) is 0.873. The minimum absolute atomic E-state index is 0.0701. The Morgan fingerprint density at radius 1 is 1.43 bits per heavy atom. The molecule has 0 aliphatic heterocycles. The summed E-state index contributed by atoms with van der Waals surface area (Å²) in [5.41, 5.74) is 0.471. The molecule has 8 heteroatoms. The molecular formula is C13H15NO4S3. The van der Waals surface area contributed by atoms with Crippen molar-refractivity contribution < 1.29 is 18.3 Å². The van der Waals surface area contributed by atoms with Crippen LogP contribution in [0.2, 0.25) is 0 Å². The van der Waals surface area contributed by atoms with E-state index in [0.717, 1.165) is 16.2 Å². The van der Waals surface area contributed by atoms with Gasteiger partial charge in [-0.15, -0.1) is 22.7 Å². The lowest BCUT2D eigenvalue weighted by atomic mass is 10.3. The molecule has 0 atom stereocenters. The molecule has 2 rings (SSSR count). The van der Waals surface area contributed by atoms with E-state index in [0.29, 0.717) is 18.7 Å². The van der Waals surface area contributed by atoms with Crippen molar-refractivity contribution in [3.05, 3.63) is 38.9 Å². The molecule has 2 aromatic heterocycles. The van der Waals surface area contributed by atoms with Gasteiger partial charge in [-0.25, -0.2) is 13.2 Å². The Balaban J connectivity index is 2.35. The minimum atomic E-state index is -3.67. The number of hydrogen-bond donors (Lipinski definition) is 1. The van der Waals surface area contributed by atoms with E-state index >= 15 is 0 Å². The molecule has 0 aromatic carbocycles. The molecular weight excluding hydrogens is 330 g/mol. The van der Waals surface area contributed by atoms with Gasteiger partial charge in [0.15, 0.2) is 0 Å². The van der Waals surface area contributed by atoms with Crippen LogP contribution in [0.5, 0.6) is 0 Å². The zero-order chi connectivity index (χ0) is 15.6. The summed E-state index contributed by atoms with van der Waals surface area (Å²) in [4.78, 5) is 12.1. The molecule has 114 valence electrons. The highest BCUT2D eigenvalue weighted by Gasteiger charge is 2.27. The van der Waals surface area contributed by atoms with E-state index < -0.39 is 16.0 Å². The van der Waals surface area contributed by atoms with Gasteiger partial charge in [-0.3, -0.25) is 0 Å². The summed E-state index contributed by atoms with van der Waals surface area (Å²) in [6.07, 6.45) is 0. The van der Waals surface area contributed by atoms with E-state index in [1.165, 1.54) is 21.7 Å². The van der Waals surface area contributed by atoms with Gasteiger partial charge in [0.2, 0.25) is 0 Å². The predicted octanol–water partition coefficient (Wildman–Crippen LogP) is 3.03. The first-order chi connectivity index (χ1) is 9.86. The third-order valence-electron chi connectivity index (χ3n) is 2.95. The molecule has 0 aliphatic rings. The van der Waals surface area contributed by atoms with E-state index in [2.05, 4.69) is 0 Å². The van der Waals surface area contributed by atoms with Crippen LogP contribution in [0, 0.1) is 6.92 Å². The fourth-order valence-corrected chi connectivity index (χ4v) is 5.62. The molecule has 0 saturated heterocycles. The monoisotopic (exact) mass is 345 g/mol. The summed E-state index contributed by atoms with van der Waals surface area (Å²) in [5.74, 6) is -1.10. The van der Waals surface area contributed by atoms with Gasteiger partial charge >= 0.3 is 5.97 Å². The van der Waals surface area contributed by atoms with E-state index in [4.69, 9.17) is 5.11 Å². The molecule has 2 heterocycles. The van der Waals surface area contributed by atoms with Crippen molar-refractivity contribution >= 4 is 38.7 Å². The largest absolute Gasteiger partial charge is 0.477 e. The van der Waals surface area contributed by atoms with Crippen molar-refractivity contribution in [2.75, 3.05) is 6.54 Å². The first kappa shape index (κ1) is 16.2. The highest BCUT2D eigenvalue weighted by Crippen LogP contribution is 2.29. The Labute approximate surface area is 131 Å². The smallest absolute Gasteiger partial charge is 0.346 e. The zero-order valence-corrected chi connectivity index (χ0v) is 14.0. The number of aromatic carboxylic acids is 1. The van der Waals surface area contributed by atoms with E-state index in [1.807, 2.05) is 17.5 Å². The van der Waals surface area contributed by atoms with Crippen LogP contribution in [0.1, 0.15) is 27.0 Å². The van der Waals surface area contributed by atoms with Crippen LogP contribution in [0.3, 0.4) is 0 Å². The van der Waals surface area contributed by atoms with E-state index in [9.17, 15) is 13.2 Å². The second-order valence-corrected chi connectivity index (χ2v) is 8.64. The molecule has 0 aliphatic carbocycles. The van der Waals surface area contributed by atoms with Crippen LogP contribution >= 0.6 is 22.7 Å². The number of carboxylic acids is 1. The van der Waals surface area contributed by atoms with E-state index in [-0.39, 0.29) is 9.09 Å². The standard InChI is InChI=1S/C13H15NO4S3/c1-3-14(8-10-5-4-6-19-10)21(17,18)11-7-9(2)12(20-11)13(15)16/h4-7H,3,8H2,1-2H3,(H,15,16). The number of carbonyl (C=O) groups is 1. The lowest BCUT2D eigenvalue weighted by molar-refractivity contribution is 0.0701. The second kappa shape index (κ2) is 6.27. The Morgan fingerprint density at radius 3 is 2.62 bits per heavy atom. The summed E-state index contributed by atoms with van der Waals surface area (Å²) >= 11 is 2.30. The van der Waals surface area contributed by atoms with Gasteiger partial charge in [-0.2, -0.15) is 4.31 Å². The maximum atomic E-state index is 12.6. The summed E-state index contributed by atoms with van der Waals surface area (Å²) in [7, 11) is -3.67. The van der Waals surface area contributed by atoms with Crippen molar-refractivity contribution in [1.82, 2.24) is 4.31 Å². The Hall–Kier alpha value is -1.22. The van der Waals surface area contributed by atoms with Crippen LogP contribution in [0.4, 0.5) is 0 Å². The maximum Gasteiger partial charge on any atom is 0.346 e. The SMILES string of the molecule is CCN(Cc1cccs1)S(=O)(=O)c1cc(C)c(C(=O)O)s1. The Morgan fingerprint density at radius 2 is 2.14 bits per heavy atom. The van der Waals surface area contributed by atoms with Crippen molar-refractivity contribution in [3.63, 3.8) is 0 Å². The number of rotatable bonds is 6. The molecule has 0 fully saturated rings. The topological polar surface area (TPSA) is 74.7 Å². The zero-order valence-electron chi connectivity index (χ0n) is 11.6. The summed E-state index contributed by atoms with van der Waals surface area (Å²) < 4.78 is 26.7. The number of aryl methyl sites for hydroxylation is 1. The van der Waals surface area contributed by atoms with Gasteiger partial charge in [0.05, 0.1) is 0 Å². The lowest BCUT2D eigenvalue weighted by Crippen LogP contribution is -2.29. The predicted molar refractivity (Wildman–Crippen MR) is 83.6 cm³/mol. The van der Waals surface area contributed by atoms with Crippen molar-refractivity contribution in [1.29, 1.82) is 0 Å². The van der Waals surface area contributed by atoms with Crippen LogP contribution < -0.4 is 0 Å². The van der Waals surface area contributed by atoms with Crippen LogP contribution in [0.25, 0.3) is 0 Å². The molecule has 0 saturated carbocycles. The van der Waals surface area contributed by atoms with Gasteiger partial charge < -0.3 is 5.11 Å². The van der Waals surface area contributed by atoms with Gasteiger partial charge in [0, 0.05) is 18.0 Å². The summed E-state index contributed by atoms with van der Waals surface area (Å²) in [6, 6.07) is 5.18. The van der Waals surface area contributed by atoms with Crippen LogP contribution in [-0.4, -0.2) is 30.3 Å². The minimum Gasteiger partial charge on any atom is -0.477 e. The normalized spacial score (nSPS) is 12.0. The molecule has 0 unspecified atom stereocenters. The molecule has 0 spiro atoms. The fourth-order valence-electron chi connectivity index (χ4n) is 1.86. The second-order valence-electron chi connectivity index (χ2n) is 4.39. The first-order valence-electron chi connectivity index (χ1n) is 6.22. The highest BCUT2D eigenvalue weighted by molar-refractivity contribution is 7.91.